The van der Waals surface area contributed by atoms with Gasteiger partial charge in [-0.2, -0.15) is 0 Å². The molecular formula is C14H10N2O3S. The Morgan fingerprint density at radius 3 is 2.95 bits per heavy atom. The van der Waals surface area contributed by atoms with E-state index in [1.165, 1.54) is 24.4 Å². The Hall–Kier alpha value is -2.34. The molecule has 2 heterocycles. The Morgan fingerprint density at radius 2 is 2.10 bits per heavy atom. The summed E-state index contributed by atoms with van der Waals surface area (Å²) in [5.41, 5.74) is 1.51. The largest absolute Gasteiger partial charge is 0.475 e. The zero-order valence-electron chi connectivity index (χ0n) is 10.3. The van der Waals surface area contributed by atoms with E-state index < -0.39 is 5.97 Å². The molecule has 0 aliphatic carbocycles. The van der Waals surface area contributed by atoms with Crippen molar-refractivity contribution in [3.05, 3.63) is 54.2 Å². The average Bonchev–Trinajstić information content (AvgIpc) is 2.93. The fourth-order valence-corrected chi connectivity index (χ4v) is 2.85. The number of carboxylic acid groups (broad SMARTS) is 1. The van der Waals surface area contributed by atoms with E-state index in [0.717, 1.165) is 15.9 Å². The molecule has 0 spiro atoms. The number of thioether (sulfide) groups is 1. The first kappa shape index (κ1) is 12.7. The standard InChI is InChI=1S/C14H10N2O3S/c17-14(18)12-9(5-6-19-12)7-20-13-10-3-1-2-4-11(10)15-8-16-13/h1-6,8H,7H2,(H,17,18). The number of hydrogen-bond acceptors (Lipinski definition) is 5. The first-order valence-corrected chi connectivity index (χ1v) is 6.86. The van der Waals surface area contributed by atoms with Gasteiger partial charge in [-0.25, -0.2) is 14.8 Å². The molecule has 0 saturated heterocycles. The first-order valence-electron chi connectivity index (χ1n) is 5.88. The van der Waals surface area contributed by atoms with E-state index in [2.05, 4.69) is 9.97 Å². The van der Waals surface area contributed by atoms with Crippen LogP contribution in [0.1, 0.15) is 16.1 Å². The molecule has 6 heteroatoms. The van der Waals surface area contributed by atoms with Gasteiger partial charge in [-0.1, -0.05) is 18.2 Å². The molecule has 1 aromatic carbocycles. The second kappa shape index (κ2) is 5.34. The third-order valence-electron chi connectivity index (χ3n) is 2.81. The molecule has 5 nitrogen and oxygen atoms in total. The highest BCUT2D eigenvalue weighted by atomic mass is 32.2. The van der Waals surface area contributed by atoms with Crippen LogP contribution in [0, 0.1) is 0 Å². The van der Waals surface area contributed by atoms with E-state index in [0.29, 0.717) is 11.3 Å². The first-order chi connectivity index (χ1) is 9.75. The van der Waals surface area contributed by atoms with Crippen molar-refractivity contribution in [3.63, 3.8) is 0 Å². The maximum Gasteiger partial charge on any atom is 0.372 e. The van der Waals surface area contributed by atoms with Crippen molar-refractivity contribution in [2.45, 2.75) is 10.8 Å². The van der Waals surface area contributed by atoms with E-state index in [1.807, 2.05) is 24.3 Å². The zero-order valence-corrected chi connectivity index (χ0v) is 11.1. The summed E-state index contributed by atoms with van der Waals surface area (Å²) >= 11 is 1.46. The normalized spacial score (nSPS) is 10.8. The number of fused-ring (bicyclic) bond motifs is 1. The van der Waals surface area contributed by atoms with Gasteiger partial charge in [0.25, 0.3) is 0 Å². The van der Waals surface area contributed by atoms with Crippen LogP contribution in [-0.2, 0) is 5.75 Å². The maximum absolute atomic E-state index is 11.0. The summed E-state index contributed by atoms with van der Waals surface area (Å²) in [6, 6.07) is 9.38. The van der Waals surface area contributed by atoms with E-state index >= 15 is 0 Å². The smallest absolute Gasteiger partial charge is 0.372 e. The number of para-hydroxylation sites is 1. The number of benzene rings is 1. The lowest BCUT2D eigenvalue weighted by Crippen LogP contribution is -1.97. The van der Waals surface area contributed by atoms with Crippen molar-refractivity contribution in [2.75, 3.05) is 0 Å². The summed E-state index contributed by atoms with van der Waals surface area (Å²) in [5.74, 6) is -0.590. The van der Waals surface area contributed by atoms with Crippen LogP contribution in [0.15, 0.2) is 52.4 Å². The van der Waals surface area contributed by atoms with Gasteiger partial charge in [0.15, 0.2) is 0 Å². The van der Waals surface area contributed by atoms with Crippen molar-refractivity contribution in [3.8, 4) is 0 Å². The van der Waals surface area contributed by atoms with Gasteiger partial charge >= 0.3 is 5.97 Å². The lowest BCUT2D eigenvalue weighted by molar-refractivity contribution is 0.0661. The van der Waals surface area contributed by atoms with Crippen LogP contribution < -0.4 is 0 Å². The summed E-state index contributed by atoms with van der Waals surface area (Å²) in [5, 5.41) is 10.8. The number of carboxylic acids is 1. The minimum atomic E-state index is -1.06. The summed E-state index contributed by atoms with van der Waals surface area (Å²) in [6.45, 7) is 0. The number of furan rings is 1. The van der Waals surface area contributed by atoms with Gasteiger partial charge in [0.1, 0.15) is 11.4 Å². The predicted molar refractivity (Wildman–Crippen MR) is 74.8 cm³/mol. The van der Waals surface area contributed by atoms with Crippen LogP contribution in [0.25, 0.3) is 10.9 Å². The highest BCUT2D eigenvalue weighted by Gasteiger charge is 2.14. The van der Waals surface area contributed by atoms with Gasteiger partial charge in [-0.3, -0.25) is 0 Å². The van der Waals surface area contributed by atoms with Crippen LogP contribution in [0.3, 0.4) is 0 Å². The number of hydrogen-bond donors (Lipinski definition) is 1. The number of aromatic carboxylic acids is 1. The van der Waals surface area contributed by atoms with Crippen LogP contribution in [0.2, 0.25) is 0 Å². The van der Waals surface area contributed by atoms with Crippen molar-refractivity contribution in [1.29, 1.82) is 0 Å². The minimum absolute atomic E-state index is 0.0177. The predicted octanol–water partition coefficient (Wildman–Crippen LogP) is 3.21. The van der Waals surface area contributed by atoms with Crippen LogP contribution in [0.4, 0.5) is 0 Å². The third-order valence-corrected chi connectivity index (χ3v) is 3.87. The van der Waals surface area contributed by atoms with Crippen molar-refractivity contribution < 1.29 is 14.3 Å². The molecule has 0 radical (unpaired) electrons. The molecule has 20 heavy (non-hydrogen) atoms. The number of aromatic nitrogens is 2. The van der Waals surface area contributed by atoms with Gasteiger partial charge in [-0.15, -0.1) is 11.8 Å². The monoisotopic (exact) mass is 286 g/mol. The van der Waals surface area contributed by atoms with Crippen LogP contribution in [-0.4, -0.2) is 21.0 Å². The maximum atomic E-state index is 11.0. The summed E-state index contributed by atoms with van der Waals surface area (Å²) in [7, 11) is 0. The number of carbonyl (C=O) groups is 1. The second-order valence-corrected chi connectivity index (χ2v) is 5.03. The molecule has 100 valence electrons. The van der Waals surface area contributed by atoms with E-state index in [9.17, 15) is 4.79 Å². The lowest BCUT2D eigenvalue weighted by Gasteiger charge is -2.03. The van der Waals surface area contributed by atoms with Gasteiger partial charge in [0, 0.05) is 16.7 Å². The van der Waals surface area contributed by atoms with Crippen LogP contribution >= 0.6 is 11.8 Å². The van der Waals surface area contributed by atoms with Crippen molar-refractivity contribution in [2.24, 2.45) is 0 Å². The molecule has 0 aliphatic heterocycles. The Labute approximate surface area is 118 Å². The number of nitrogens with zero attached hydrogens (tertiary/aromatic N) is 2. The summed E-state index contributed by atoms with van der Waals surface area (Å²) in [6.07, 6.45) is 2.90. The molecular weight excluding hydrogens is 276 g/mol. The fourth-order valence-electron chi connectivity index (χ4n) is 1.88. The Balaban J connectivity index is 1.87. The Bertz CT molecular complexity index is 764. The van der Waals surface area contributed by atoms with E-state index in [4.69, 9.17) is 9.52 Å². The topological polar surface area (TPSA) is 76.2 Å². The van der Waals surface area contributed by atoms with Crippen molar-refractivity contribution >= 4 is 28.6 Å². The summed E-state index contributed by atoms with van der Waals surface area (Å²) < 4.78 is 4.96. The second-order valence-electron chi connectivity index (χ2n) is 4.06. The molecule has 0 aliphatic rings. The number of rotatable bonds is 4. The molecule has 3 rings (SSSR count). The minimum Gasteiger partial charge on any atom is -0.475 e. The van der Waals surface area contributed by atoms with Crippen LogP contribution in [0.5, 0.6) is 0 Å². The Kier molecular flexibility index (Phi) is 3.39. The molecule has 0 fully saturated rings. The SMILES string of the molecule is O=C(O)c1occc1CSc1ncnc2ccccc12. The molecule has 0 atom stereocenters. The quantitative estimate of drug-likeness (QED) is 0.586. The van der Waals surface area contributed by atoms with Gasteiger partial charge in [0.05, 0.1) is 11.8 Å². The Morgan fingerprint density at radius 1 is 1.25 bits per heavy atom. The lowest BCUT2D eigenvalue weighted by atomic mass is 10.2. The zero-order chi connectivity index (χ0) is 13.9. The third kappa shape index (κ3) is 2.37. The highest BCUT2D eigenvalue weighted by molar-refractivity contribution is 7.98. The summed E-state index contributed by atoms with van der Waals surface area (Å²) in [4.78, 5) is 19.4. The van der Waals surface area contributed by atoms with E-state index in [-0.39, 0.29) is 5.76 Å². The molecule has 0 amide bonds. The van der Waals surface area contributed by atoms with Gasteiger partial charge < -0.3 is 9.52 Å². The van der Waals surface area contributed by atoms with Crippen molar-refractivity contribution in [1.82, 2.24) is 9.97 Å². The van der Waals surface area contributed by atoms with Gasteiger partial charge in [-0.05, 0) is 12.1 Å². The van der Waals surface area contributed by atoms with Gasteiger partial charge in [0.2, 0.25) is 5.76 Å². The fraction of sp³-hybridized carbons (Fsp3) is 0.0714. The molecule has 0 saturated carbocycles. The average molecular weight is 286 g/mol. The molecule has 0 unspecified atom stereocenters. The molecule has 2 aromatic heterocycles. The molecule has 0 bridgehead atoms. The molecule has 1 N–H and O–H groups in total. The van der Waals surface area contributed by atoms with E-state index in [1.54, 1.807) is 6.07 Å². The molecule has 3 aromatic rings. The highest BCUT2D eigenvalue weighted by Crippen LogP contribution is 2.28.